The van der Waals surface area contributed by atoms with Crippen molar-refractivity contribution >= 4 is 23.0 Å². The van der Waals surface area contributed by atoms with E-state index in [1.54, 1.807) is 6.26 Å². The highest BCUT2D eigenvalue weighted by Gasteiger charge is 2.21. The molecule has 1 N–H and O–H groups in total. The molecule has 5 heteroatoms. The molecule has 2 aromatic rings. The standard InChI is InChI=1S/C18H22N2O2S/c1-14-6-8-15(9-7-14)19-18(23)20(12-16-4-2-10-21-16)13-17-5-3-11-22-17/h2,4,6-10,17H,3,5,11-13H2,1H3,(H,19,23). The Kier molecular flexibility index (Phi) is 5.31. The Morgan fingerprint density at radius 2 is 2.13 bits per heavy atom. The second kappa shape index (κ2) is 7.62. The van der Waals surface area contributed by atoms with E-state index in [2.05, 4.69) is 29.3 Å². The van der Waals surface area contributed by atoms with Gasteiger partial charge in [0.05, 0.1) is 18.9 Å². The number of hydrogen-bond donors (Lipinski definition) is 1. The lowest BCUT2D eigenvalue weighted by Gasteiger charge is -2.27. The zero-order chi connectivity index (χ0) is 16.1. The molecule has 23 heavy (non-hydrogen) atoms. The normalized spacial score (nSPS) is 17.2. The third kappa shape index (κ3) is 4.56. The molecule has 0 radical (unpaired) electrons. The molecule has 1 fully saturated rings. The first-order valence-corrected chi connectivity index (χ1v) is 8.38. The van der Waals surface area contributed by atoms with Gasteiger partial charge in [-0.25, -0.2) is 0 Å². The first-order chi connectivity index (χ1) is 11.2. The second-order valence-corrected chi connectivity index (χ2v) is 6.28. The fourth-order valence-electron chi connectivity index (χ4n) is 2.68. The topological polar surface area (TPSA) is 37.6 Å². The lowest BCUT2D eigenvalue weighted by molar-refractivity contribution is 0.0892. The first kappa shape index (κ1) is 16.0. The molecule has 1 unspecified atom stereocenters. The Labute approximate surface area is 142 Å². The van der Waals surface area contributed by atoms with E-state index in [0.717, 1.165) is 37.4 Å². The number of thiocarbonyl (C=S) groups is 1. The minimum Gasteiger partial charge on any atom is -0.467 e. The van der Waals surface area contributed by atoms with E-state index in [0.29, 0.717) is 11.7 Å². The van der Waals surface area contributed by atoms with Crippen molar-refractivity contribution in [3.63, 3.8) is 0 Å². The van der Waals surface area contributed by atoms with E-state index in [-0.39, 0.29) is 6.10 Å². The minimum atomic E-state index is 0.239. The molecule has 1 aliphatic heterocycles. The van der Waals surface area contributed by atoms with Crippen LogP contribution in [0.5, 0.6) is 0 Å². The van der Waals surface area contributed by atoms with Crippen molar-refractivity contribution in [3.05, 3.63) is 54.0 Å². The molecule has 3 rings (SSSR count). The highest BCUT2D eigenvalue weighted by Crippen LogP contribution is 2.17. The highest BCUT2D eigenvalue weighted by atomic mass is 32.1. The predicted octanol–water partition coefficient (Wildman–Crippen LogP) is 3.97. The third-order valence-corrected chi connectivity index (χ3v) is 4.33. The van der Waals surface area contributed by atoms with Gasteiger partial charge in [0.2, 0.25) is 0 Å². The van der Waals surface area contributed by atoms with Crippen LogP contribution in [0.3, 0.4) is 0 Å². The zero-order valence-corrected chi connectivity index (χ0v) is 14.1. The summed E-state index contributed by atoms with van der Waals surface area (Å²) in [6.07, 6.45) is 4.14. The van der Waals surface area contributed by atoms with Gasteiger partial charge in [-0.2, -0.15) is 0 Å². The lowest BCUT2D eigenvalue weighted by atomic mass is 10.2. The fraction of sp³-hybridized carbons (Fsp3) is 0.389. The average molecular weight is 330 g/mol. The number of rotatable bonds is 5. The fourth-order valence-corrected chi connectivity index (χ4v) is 2.94. The Bertz CT molecular complexity index is 619. The van der Waals surface area contributed by atoms with Gasteiger partial charge in [0.1, 0.15) is 5.76 Å². The van der Waals surface area contributed by atoms with Crippen molar-refractivity contribution < 1.29 is 9.15 Å². The van der Waals surface area contributed by atoms with Gasteiger partial charge in [0.15, 0.2) is 5.11 Å². The van der Waals surface area contributed by atoms with Gasteiger partial charge in [-0.15, -0.1) is 0 Å². The van der Waals surface area contributed by atoms with E-state index < -0.39 is 0 Å². The molecule has 4 nitrogen and oxygen atoms in total. The number of hydrogen-bond acceptors (Lipinski definition) is 3. The van der Waals surface area contributed by atoms with Crippen molar-refractivity contribution in [2.75, 3.05) is 18.5 Å². The zero-order valence-electron chi connectivity index (χ0n) is 13.3. The summed E-state index contributed by atoms with van der Waals surface area (Å²) in [5.74, 6) is 0.899. The summed E-state index contributed by atoms with van der Waals surface area (Å²) in [5, 5.41) is 4.01. The molecular weight excluding hydrogens is 308 g/mol. The van der Waals surface area contributed by atoms with Crippen LogP contribution < -0.4 is 5.32 Å². The Morgan fingerprint density at radius 1 is 1.30 bits per heavy atom. The molecule has 0 aliphatic carbocycles. The van der Waals surface area contributed by atoms with Crippen molar-refractivity contribution in [3.8, 4) is 0 Å². The van der Waals surface area contributed by atoms with Crippen LogP contribution in [0.25, 0.3) is 0 Å². The molecular formula is C18H22N2O2S. The SMILES string of the molecule is Cc1ccc(NC(=S)N(Cc2ccco2)CC2CCCO2)cc1. The molecule has 0 saturated carbocycles. The molecule has 1 aromatic heterocycles. The predicted molar refractivity (Wildman–Crippen MR) is 95.5 cm³/mol. The number of furan rings is 1. The molecule has 1 atom stereocenters. The minimum absolute atomic E-state index is 0.239. The summed E-state index contributed by atoms with van der Waals surface area (Å²) >= 11 is 5.62. The van der Waals surface area contributed by atoms with Crippen molar-refractivity contribution in [1.29, 1.82) is 0 Å². The van der Waals surface area contributed by atoms with Gasteiger partial charge in [0, 0.05) is 18.8 Å². The number of benzene rings is 1. The van der Waals surface area contributed by atoms with Crippen molar-refractivity contribution in [1.82, 2.24) is 4.90 Å². The molecule has 0 amide bonds. The molecule has 1 saturated heterocycles. The molecule has 0 bridgehead atoms. The maximum absolute atomic E-state index is 5.76. The van der Waals surface area contributed by atoms with Crippen LogP contribution in [0.2, 0.25) is 0 Å². The Balaban J connectivity index is 1.67. The van der Waals surface area contributed by atoms with Crippen LogP contribution in [0, 0.1) is 6.92 Å². The maximum atomic E-state index is 5.76. The van der Waals surface area contributed by atoms with Gasteiger partial charge >= 0.3 is 0 Å². The van der Waals surface area contributed by atoms with Crippen LogP contribution in [-0.4, -0.2) is 29.3 Å². The second-order valence-electron chi connectivity index (χ2n) is 5.89. The van der Waals surface area contributed by atoms with Crippen LogP contribution in [0.4, 0.5) is 5.69 Å². The molecule has 122 valence electrons. The van der Waals surface area contributed by atoms with E-state index in [9.17, 15) is 0 Å². The molecule has 2 heterocycles. The lowest BCUT2D eigenvalue weighted by Crippen LogP contribution is -2.39. The van der Waals surface area contributed by atoms with Gasteiger partial charge in [0.25, 0.3) is 0 Å². The van der Waals surface area contributed by atoms with Crippen LogP contribution in [-0.2, 0) is 11.3 Å². The van der Waals surface area contributed by atoms with E-state index in [1.807, 2.05) is 24.3 Å². The quantitative estimate of drug-likeness (QED) is 0.840. The molecule has 1 aromatic carbocycles. The van der Waals surface area contributed by atoms with E-state index in [1.165, 1.54) is 5.56 Å². The van der Waals surface area contributed by atoms with Crippen LogP contribution in [0.1, 0.15) is 24.2 Å². The third-order valence-electron chi connectivity index (χ3n) is 3.96. The Hall–Kier alpha value is -1.85. The molecule has 0 spiro atoms. The van der Waals surface area contributed by atoms with Crippen molar-refractivity contribution in [2.45, 2.75) is 32.4 Å². The number of aryl methyl sites for hydroxylation is 1. The van der Waals surface area contributed by atoms with Gasteiger partial charge in [-0.1, -0.05) is 17.7 Å². The number of anilines is 1. The summed E-state index contributed by atoms with van der Waals surface area (Å²) in [6, 6.07) is 12.1. The van der Waals surface area contributed by atoms with E-state index in [4.69, 9.17) is 21.4 Å². The monoisotopic (exact) mass is 330 g/mol. The molecule has 1 aliphatic rings. The highest BCUT2D eigenvalue weighted by molar-refractivity contribution is 7.80. The van der Waals surface area contributed by atoms with E-state index >= 15 is 0 Å². The number of nitrogens with one attached hydrogen (secondary N) is 1. The van der Waals surface area contributed by atoms with Crippen molar-refractivity contribution in [2.24, 2.45) is 0 Å². The number of nitrogens with zero attached hydrogens (tertiary/aromatic N) is 1. The Morgan fingerprint density at radius 3 is 2.78 bits per heavy atom. The maximum Gasteiger partial charge on any atom is 0.173 e. The first-order valence-electron chi connectivity index (χ1n) is 7.97. The summed E-state index contributed by atoms with van der Waals surface area (Å²) < 4.78 is 11.2. The number of ether oxygens (including phenoxy) is 1. The summed E-state index contributed by atoms with van der Waals surface area (Å²) in [6.45, 7) is 4.34. The summed E-state index contributed by atoms with van der Waals surface area (Å²) in [5.41, 5.74) is 2.23. The van der Waals surface area contributed by atoms with Crippen LogP contribution in [0.15, 0.2) is 47.1 Å². The summed E-state index contributed by atoms with van der Waals surface area (Å²) in [4.78, 5) is 2.12. The smallest absolute Gasteiger partial charge is 0.173 e. The van der Waals surface area contributed by atoms with Gasteiger partial charge in [-0.3, -0.25) is 0 Å². The van der Waals surface area contributed by atoms with Gasteiger partial charge < -0.3 is 19.4 Å². The average Bonchev–Trinajstić information content (AvgIpc) is 3.22. The van der Waals surface area contributed by atoms with Gasteiger partial charge in [-0.05, 0) is 56.2 Å². The largest absolute Gasteiger partial charge is 0.467 e. The summed E-state index contributed by atoms with van der Waals surface area (Å²) in [7, 11) is 0. The van der Waals surface area contributed by atoms with Crippen LogP contribution >= 0.6 is 12.2 Å².